The molecule has 106 valence electrons. The number of hydrogen-bond acceptors (Lipinski definition) is 3. The minimum Gasteiger partial charge on any atom is -0.327 e. The van der Waals surface area contributed by atoms with Crippen molar-refractivity contribution < 1.29 is 4.79 Å². The molecule has 0 unspecified atom stereocenters. The molecular weight excluding hydrogens is 285 g/mol. The van der Waals surface area contributed by atoms with Crippen LogP contribution in [0.15, 0.2) is 24.3 Å². The van der Waals surface area contributed by atoms with E-state index >= 15 is 0 Å². The zero-order chi connectivity index (χ0) is 13.0. The smallest absolute Gasteiger partial charge is 0.238 e. The third kappa shape index (κ3) is 5.37. The molecule has 0 aromatic heterocycles. The highest BCUT2D eigenvalue weighted by atomic mass is 35.5. The van der Waals surface area contributed by atoms with Crippen LogP contribution in [0.4, 0.5) is 5.69 Å². The largest absolute Gasteiger partial charge is 0.327 e. The van der Waals surface area contributed by atoms with Gasteiger partial charge >= 0.3 is 0 Å². The molecule has 1 aromatic rings. The molecule has 0 radical (unpaired) electrons. The molecule has 1 saturated heterocycles. The number of piperidine rings is 1. The van der Waals surface area contributed by atoms with E-state index in [9.17, 15) is 4.79 Å². The zero-order valence-electron chi connectivity index (χ0n) is 10.6. The summed E-state index contributed by atoms with van der Waals surface area (Å²) in [4.78, 5) is 14.0. The van der Waals surface area contributed by atoms with Gasteiger partial charge in [-0.15, -0.1) is 12.4 Å². The van der Waals surface area contributed by atoms with Crippen LogP contribution in [0.3, 0.4) is 0 Å². The number of nitrogens with two attached hydrogens (primary N) is 1. The summed E-state index contributed by atoms with van der Waals surface area (Å²) in [5.74, 6) is -0.0219. The van der Waals surface area contributed by atoms with Crippen molar-refractivity contribution in [2.75, 3.05) is 25.0 Å². The molecule has 6 heteroatoms. The molecule has 1 aliphatic heterocycles. The predicted octanol–water partition coefficient (Wildman–Crippen LogP) is 2.12. The van der Waals surface area contributed by atoms with E-state index < -0.39 is 0 Å². The maximum Gasteiger partial charge on any atom is 0.238 e. The lowest BCUT2D eigenvalue weighted by Crippen LogP contribution is -2.45. The monoisotopic (exact) mass is 303 g/mol. The Balaban J connectivity index is 0.00000180. The lowest BCUT2D eigenvalue weighted by atomic mass is 10.1. The number of rotatable bonds is 3. The highest BCUT2D eigenvalue weighted by Gasteiger charge is 2.18. The molecule has 1 aromatic carbocycles. The summed E-state index contributed by atoms with van der Waals surface area (Å²) >= 11 is 5.86. The molecular formula is C13H19Cl2N3O. The number of nitrogens with one attached hydrogen (secondary N) is 1. The summed E-state index contributed by atoms with van der Waals surface area (Å²) in [5.41, 5.74) is 6.61. The van der Waals surface area contributed by atoms with Crippen molar-refractivity contribution in [2.24, 2.45) is 5.73 Å². The van der Waals surface area contributed by atoms with E-state index in [2.05, 4.69) is 10.2 Å². The standard InChI is InChI=1S/C13H18ClN3O.ClH/c14-10-3-1-5-12(7-10)16-13(18)9-17-6-2-4-11(15)8-17;/h1,3,5,7,11H,2,4,6,8-9,15H2,(H,16,18);1H/t11-;/m1./s1. The van der Waals surface area contributed by atoms with Crippen molar-refractivity contribution in [3.8, 4) is 0 Å². The Hall–Kier alpha value is -0.810. The zero-order valence-corrected chi connectivity index (χ0v) is 12.2. The molecule has 1 aliphatic rings. The fourth-order valence-electron chi connectivity index (χ4n) is 2.20. The van der Waals surface area contributed by atoms with Crippen LogP contribution in [-0.2, 0) is 4.79 Å². The normalized spacial score (nSPS) is 19.6. The number of hydrogen-bond donors (Lipinski definition) is 2. The van der Waals surface area contributed by atoms with Gasteiger partial charge in [-0.05, 0) is 37.6 Å². The average Bonchev–Trinajstić information content (AvgIpc) is 2.28. The third-order valence-electron chi connectivity index (χ3n) is 3.02. The minimum atomic E-state index is -0.0219. The van der Waals surface area contributed by atoms with Crippen molar-refractivity contribution in [1.82, 2.24) is 4.90 Å². The Morgan fingerprint density at radius 2 is 2.32 bits per heavy atom. The second-order valence-electron chi connectivity index (χ2n) is 4.70. The van der Waals surface area contributed by atoms with E-state index in [-0.39, 0.29) is 24.4 Å². The van der Waals surface area contributed by atoms with Crippen molar-refractivity contribution in [3.63, 3.8) is 0 Å². The number of benzene rings is 1. The Kier molecular flexibility index (Phi) is 6.58. The molecule has 1 fully saturated rings. The fraction of sp³-hybridized carbons (Fsp3) is 0.462. The molecule has 1 heterocycles. The number of carbonyl (C=O) groups excluding carboxylic acids is 1. The van der Waals surface area contributed by atoms with Crippen LogP contribution in [0.1, 0.15) is 12.8 Å². The summed E-state index contributed by atoms with van der Waals surface area (Å²) in [6.45, 7) is 2.12. The van der Waals surface area contributed by atoms with Gasteiger partial charge in [-0.1, -0.05) is 17.7 Å². The van der Waals surface area contributed by atoms with Crippen LogP contribution in [0.5, 0.6) is 0 Å². The second-order valence-corrected chi connectivity index (χ2v) is 5.13. The molecule has 0 aliphatic carbocycles. The molecule has 1 atom stereocenters. The van der Waals surface area contributed by atoms with E-state index in [1.54, 1.807) is 12.1 Å². The number of carbonyl (C=O) groups is 1. The van der Waals surface area contributed by atoms with Gasteiger partial charge in [-0.3, -0.25) is 9.69 Å². The summed E-state index contributed by atoms with van der Waals surface area (Å²) in [6, 6.07) is 7.35. The molecule has 3 N–H and O–H groups in total. The number of nitrogens with zero attached hydrogens (tertiary/aromatic N) is 1. The first kappa shape index (κ1) is 16.2. The van der Waals surface area contributed by atoms with Crippen LogP contribution in [-0.4, -0.2) is 36.5 Å². The number of halogens is 2. The fourth-order valence-corrected chi connectivity index (χ4v) is 2.40. The maximum atomic E-state index is 11.9. The summed E-state index contributed by atoms with van der Waals surface area (Å²) < 4.78 is 0. The highest BCUT2D eigenvalue weighted by molar-refractivity contribution is 6.30. The topological polar surface area (TPSA) is 58.4 Å². The van der Waals surface area contributed by atoms with Gasteiger partial charge in [0.25, 0.3) is 0 Å². The number of amides is 1. The Labute approximate surface area is 124 Å². The van der Waals surface area contributed by atoms with Crippen LogP contribution in [0, 0.1) is 0 Å². The van der Waals surface area contributed by atoms with Crippen molar-refractivity contribution >= 4 is 35.6 Å². The first-order valence-corrected chi connectivity index (χ1v) is 6.54. The molecule has 4 nitrogen and oxygen atoms in total. The van der Waals surface area contributed by atoms with E-state index in [1.807, 2.05) is 12.1 Å². The lowest BCUT2D eigenvalue weighted by molar-refractivity contribution is -0.117. The molecule has 0 bridgehead atoms. The average molecular weight is 304 g/mol. The van der Waals surface area contributed by atoms with Gasteiger partial charge < -0.3 is 11.1 Å². The summed E-state index contributed by atoms with van der Waals surface area (Å²) in [5, 5.41) is 3.46. The van der Waals surface area contributed by atoms with Gasteiger partial charge in [-0.25, -0.2) is 0 Å². The third-order valence-corrected chi connectivity index (χ3v) is 3.25. The van der Waals surface area contributed by atoms with Gasteiger partial charge in [0.05, 0.1) is 6.54 Å². The Bertz CT molecular complexity index is 428. The summed E-state index contributed by atoms with van der Waals surface area (Å²) in [7, 11) is 0. The molecule has 0 saturated carbocycles. The number of likely N-dealkylation sites (tertiary alicyclic amines) is 1. The SMILES string of the molecule is Cl.N[C@@H]1CCCN(CC(=O)Nc2cccc(Cl)c2)C1. The van der Waals surface area contributed by atoms with Crippen molar-refractivity contribution in [1.29, 1.82) is 0 Å². The van der Waals surface area contributed by atoms with Crippen LogP contribution in [0.25, 0.3) is 0 Å². The van der Waals surface area contributed by atoms with E-state index in [0.717, 1.165) is 31.6 Å². The van der Waals surface area contributed by atoms with E-state index in [1.165, 1.54) is 0 Å². The molecule has 19 heavy (non-hydrogen) atoms. The molecule has 2 rings (SSSR count). The van der Waals surface area contributed by atoms with E-state index in [0.29, 0.717) is 11.6 Å². The Morgan fingerprint density at radius 1 is 1.53 bits per heavy atom. The van der Waals surface area contributed by atoms with Crippen LogP contribution >= 0.6 is 24.0 Å². The van der Waals surface area contributed by atoms with Gasteiger partial charge in [0.1, 0.15) is 0 Å². The highest BCUT2D eigenvalue weighted by Crippen LogP contribution is 2.15. The quantitative estimate of drug-likeness (QED) is 0.899. The van der Waals surface area contributed by atoms with Crippen LogP contribution < -0.4 is 11.1 Å². The summed E-state index contributed by atoms with van der Waals surface area (Å²) in [6.07, 6.45) is 2.11. The van der Waals surface area contributed by atoms with Gasteiger partial charge in [0.2, 0.25) is 5.91 Å². The van der Waals surface area contributed by atoms with Crippen molar-refractivity contribution in [2.45, 2.75) is 18.9 Å². The first-order chi connectivity index (χ1) is 8.63. The van der Waals surface area contributed by atoms with Gasteiger partial charge in [0, 0.05) is 23.3 Å². The predicted molar refractivity (Wildman–Crippen MR) is 81.0 cm³/mol. The molecule has 1 amide bonds. The van der Waals surface area contributed by atoms with E-state index in [4.69, 9.17) is 17.3 Å². The second kappa shape index (κ2) is 7.70. The first-order valence-electron chi connectivity index (χ1n) is 6.17. The van der Waals surface area contributed by atoms with Gasteiger partial charge in [-0.2, -0.15) is 0 Å². The maximum absolute atomic E-state index is 11.9. The van der Waals surface area contributed by atoms with Crippen LogP contribution in [0.2, 0.25) is 5.02 Å². The van der Waals surface area contributed by atoms with Crippen molar-refractivity contribution in [3.05, 3.63) is 29.3 Å². The minimum absolute atomic E-state index is 0. The Morgan fingerprint density at radius 3 is 3.00 bits per heavy atom. The lowest BCUT2D eigenvalue weighted by Gasteiger charge is -2.29. The molecule has 0 spiro atoms. The number of anilines is 1. The van der Waals surface area contributed by atoms with Gasteiger partial charge in [0.15, 0.2) is 0 Å².